The van der Waals surface area contributed by atoms with Crippen molar-refractivity contribution in [3.63, 3.8) is 0 Å². The SMILES string of the molecule is CC1([C@@H]2[C@@H](C3=CC(Cl)=C=CC=C3)C[C@@H](CC(N)=O)C(=O)N2CC2CC2)C=CC(Cl)=CC1. The van der Waals surface area contributed by atoms with Gasteiger partial charge in [-0.05, 0) is 55.4 Å². The van der Waals surface area contributed by atoms with E-state index in [4.69, 9.17) is 28.9 Å². The second kappa shape index (κ2) is 8.86. The number of piperidine rings is 1. The maximum atomic E-state index is 13.6. The number of amides is 2. The number of rotatable bonds is 6. The predicted octanol–water partition coefficient (Wildman–Crippen LogP) is 4.97. The summed E-state index contributed by atoms with van der Waals surface area (Å²) in [6, 6.07) is -0.0690. The van der Waals surface area contributed by atoms with Crippen molar-refractivity contribution >= 4 is 35.0 Å². The lowest BCUT2D eigenvalue weighted by molar-refractivity contribution is -0.150. The summed E-state index contributed by atoms with van der Waals surface area (Å²) in [7, 11) is 0. The number of hydrogen-bond acceptors (Lipinski definition) is 2. The van der Waals surface area contributed by atoms with E-state index < -0.39 is 11.8 Å². The third kappa shape index (κ3) is 4.92. The molecule has 2 N–H and O–H groups in total. The molecule has 0 aromatic heterocycles. The molecule has 6 heteroatoms. The van der Waals surface area contributed by atoms with E-state index >= 15 is 0 Å². The highest BCUT2D eigenvalue weighted by molar-refractivity contribution is 6.31. The highest BCUT2D eigenvalue weighted by Crippen LogP contribution is 2.49. The molecule has 0 radical (unpaired) electrons. The van der Waals surface area contributed by atoms with E-state index in [-0.39, 0.29) is 29.7 Å². The first-order valence-electron chi connectivity index (χ1n) is 10.9. The van der Waals surface area contributed by atoms with Crippen LogP contribution in [0.25, 0.3) is 0 Å². The molecular formula is C25H28Cl2N2O2. The molecule has 2 amide bonds. The lowest BCUT2D eigenvalue weighted by Gasteiger charge is -2.52. The normalized spacial score (nSPS) is 33.0. The summed E-state index contributed by atoms with van der Waals surface area (Å²) in [6.45, 7) is 2.91. The van der Waals surface area contributed by atoms with Crippen molar-refractivity contribution in [3.8, 4) is 0 Å². The summed E-state index contributed by atoms with van der Waals surface area (Å²) in [4.78, 5) is 27.4. The quantitative estimate of drug-likeness (QED) is 0.571. The number of nitrogens with two attached hydrogens (primary N) is 1. The summed E-state index contributed by atoms with van der Waals surface area (Å²) in [5.74, 6) is -0.274. The Morgan fingerprint density at radius 2 is 2.10 bits per heavy atom. The van der Waals surface area contributed by atoms with E-state index in [1.165, 1.54) is 0 Å². The molecule has 1 saturated carbocycles. The minimum Gasteiger partial charge on any atom is -0.370 e. The maximum Gasteiger partial charge on any atom is 0.226 e. The lowest BCUT2D eigenvalue weighted by Crippen LogP contribution is -2.59. The minimum absolute atomic E-state index is 0.0130. The van der Waals surface area contributed by atoms with Gasteiger partial charge >= 0.3 is 0 Å². The fraction of sp³-hybridized carbons (Fsp3) is 0.480. The van der Waals surface area contributed by atoms with Crippen LogP contribution in [0.3, 0.4) is 0 Å². The standard InChI is InChI=1S/C25H28Cl2N2O2/c1-25(10-8-19(26)9-11-25)23-21(17-4-2-3-5-20(27)12-17)13-18(14-22(28)30)24(31)29(23)15-16-6-7-16/h2-4,8-10,12,16,18,21,23H,6-7,11,13-15H2,1H3,(H2,28,30)/t18-,21+,23-,25?/m0/s1. The van der Waals surface area contributed by atoms with Crippen molar-refractivity contribution in [2.75, 3.05) is 6.54 Å². The van der Waals surface area contributed by atoms with Crippen LogP contribution in [0, 0.1) is 23.2 Å². The molecule has 4 nitrogen and oxygen atoms in total. The zero-order valence-electron chi connectivity index (χ0n) is 17.7. The molecule has 1 unspecified atom stereocenters. The number of carbonyl (C=O) groups excluding carboxylic acids is 2. The van der Waals surface area contributed by atoms with E-state index in [9.17, 15) is 9.59 Å². The summed E-state index contributed by atoms with van der Waals surface area (Å²) in [5, 5.41) is 1.25. The zero-order valence-corrected chi connectivity index (χ0v) is 19.2. The topological polar surface area (TPSA) is 63.4 Å². The van der Waals surface area contributed by atoms with Crippen molar-refractivity contribution < 1.29 is 9.59 Å². The van der Waals surface area contributed by atoms with Crippen molar-refractivity contribution in [2.24, 2.45) is 28.9 Å². The van der Waals surface area contributed by atoms with Crippen LogP contribution in [0.4, 0.5) is 0 Å². The molecule has 3 aliphatic carbocycles. The van der Waals surface area contributed by atoms with Gasteiger partial charge in [0.05, 0.1) is 5.03 Å². The first-order valence-corrected chi connectivity index (χ1v) is 11.7. The molecule has 2 fully saturated rings. The molecule has 4 atom stereocenters. The Kier molecular flexibility index (Phi) is 6.35. The van der Waals surface area contributed by atoms with E-state index in [1.54, 1.807) is 6.08 Å². The van der Waals surface area contributed by atoms with Crippen LogP contribution < -0.4 is 5.73 Å². The van der Waals surface area contributed by atoms with Crippen LogP contribution in [0.1, 0.15) is 39.0 Å². The van der Waals surface area contributed by atoms with Crippen LogP contribution in [0.5, 0.6) is 0 Å². The Bertz CT molecular complexity index is 966. The number of halogens is 2. The Hall–Kier alpha value is -2.00. The average molecular weight is 459 g/mol. The second-order valence-electron chi connectivity index (χ2n) is 9.38. The fourth-order valence-electron chi connectivity index (χ4n) is 5.15. The molecule has 31 heavy (non-hydrogen) atoms. The van der Waals surface area contributed by atoms with Gasteiger partial charge in [-0.1, -0.05) is 54.4 Å². The number of allylic oxidation sites excluding steroid dienone is 7. The van der Waals surface area contributed by atoms with Crippen molar-refractivity contribution in [1.82, 2.24) is 4.90 Å². The van der Waals surface area contributed by atoms with Crippen LogP contribution in [0.2, 0.25) is 0 Å². The van der Waals surface area contributed by atoms with Crippen molar-refractivity contribution in [3.05, 3.63) is 63.9 Å². The molecule has 1 saturated heterocycles. The number of likely N-dealkylation sites (tertiary alicyclic amines) is 1. The molecule has 1 heterocycles. The molecular weight excluding hydrogens is 431 g/mol. The lowest BCUT2D eigenvalue weighted by atomic mass is 9.64. The number of carbonyl (C=O) groups is 2. The summed E-state index contributed by atoms with van der Waals surface area (Å²) < 4.78 is 0. The predicted molar refractivity (Wildman–Crippen MR) is 124 cm³/mol. The molecule has 0 aromatic rings. The Morgan fingerprint density at radius 3 is 2.74 bits per heavy atom. The Balaban J connectivity index is 1.78. The largest absolute Gasteiger partial charge is 0.370 e. The van der Waals surface area contributed by atoms with E-state index in [0.29, 0.717) is 17.4 Å². The van der Waals surface area contributed by atoms with Gasteiger partial charge in [-0.25, -0.2) is 0 Å². The third-order valence-electron chi connectivity index (χ3n) is 6.85. The molecule has 0 bridgehead atoms. The van der Waals surface area contributed by atoms with Crippen LogP contribution in [0.15, 0.2) is 63.9 Å². The van der Waals surface area contributed by atoms with Gasteiger partial charge < -0.3 is 10.6 Å². The van der Waals surface area contributed by atoms with Gasteiger partial charge in [0, 0.05) is 41.3 Å². The van der Waals surface area contributed by atoms with E-state index in [2.05, 4.69) is 18.7 Å². The van der Waals surface area contributed by atoms with Gasteiger partial charge in [0.25, 0.3) is 0 Å². The molecule has 1 aliphatic heterocycles. The van der Waals surface area contributed by atoms with Gasteiger partial charge in [0.2, 0.25) is 11.8 Å². The minimum atomic E-state index is -0.439. The molecule has 4 rings (SSSR count). The van der Waals surface area contributed by atoms with Crippen LogP contribution >= 0.6 is 23.2 Å². The Morgan fingerprint density at radius 1 is 1.32 bits per heavy atom. The second-order valence-corrected chi connectivity index (χ2v) is 10.2. The number of hydrogen-bond donors (Lipinski definition) is 1. The van der Waals surface area contributed by atoms with Gasteiger partial charge in [0.15, 0.2) is 0 Å². The number of primary amides is 1. The van der Waals surface area contributed by atoms with Gasteiger partial charge in [-0.3, -0.25) is 9.59 Å². The molecule has 0 aromatic carbocycles. The molecule has 4 aliphatic rings. The fourth-order valence-corrected chi connectivity index (χ4v) is 5.48. The highest BCUT2D eigenvalue weighted by Gasteiger charge is 2.51. The van der Waals surface area contributed by atoms with Gasteiger partial charge in [-0.15, -0.1) is 5.73 Å². The first-order chi connectivity index (χ1) is 14.8. The molecule has 164 valence electrons. The summed E-state index contributed by atoms with van der Waals surface area (Å²) >= 11 is 12.6. The van der Waals surface area contributed by atoms with Gasteiger partial charge in [0.1, 0.15) is 0 Å². The van der Waals surface area contributed by atoms with E-state index in [1.807, 2.05) is 35.3 Å². The third-order valence-corrected chi connectivity index (χ3v) is 7.35. The van der Waals surface area contributed by atoms with Gasteiger partial charge in [-0.2, -0.15) is 0 Å². The zero-order chi connectivity index (χ0) is 22.2. The van der Waals surface area contributed by atoms with Crippen molar-refractivity contribution in [2.45, 2.75) is 45.1 Å². The monoisotopic (exact) mass is 458 g/mol. The first kappa shape index (κ1) is 22.2. The number of nitrogens with zero attached hydrogens (tertiary/aromatic N) is 1. The average Bonchev–Trinajstić information content (AvgIpc) is 3.54. The maximum absolute atomic E-state index is 13.6. The summed E-state index contributed by atoms with van der Waals surface area (Å²) in [6.07, 6.45) is 17.5. The van der Waals surface area contributed by atoms with E-state index in [0.717, 1.165) is 36.4 Å². The molecule has 0 spiro atoms. The highest BCUT2D eigenvalue weighted by atomic mass is 35.5. The smallest absolute Gasteiger partial charge is 0.226 e. The van der Waals surface area contributed by atoms with Crippen LogP contribution in [-0.4, -0.2) is 29.3 Å². The Labute approximate surface area is 193 Å². The van der Waals surface area contributed by atoms with Crippen molar-refractivity contribution in [1.29, 1.82) is 0 Å². The summed E-state index contributed by atoms with van der Waals surface area (Å²) in [5.41, 5.74) is 9.32. The van der Waals surface area contributed by atoms with Crippen LogP contribution in [-0.2, 0) is 9.59 Å².